The summed E-state index contributed by atoms with van der Waals surface area (Å²) < 4.78 is 19.7. The molecule has 1 unspecified atom stereocenters. The monoisotopic (exact) mass is 381 g/mol. The van der Waals surface area contributed by atoms with Crippen LogP contribution in [0.1, 0.15) is 36.6 Å². The topological polar surface area (TPSA) is 38.3 Å². The molecule has 0 fully saturated rings. The van der Waals surface area contributed by atoms with Gasteiger partial charge in [0, 0.05) is 33.7 Å². The van der Waals surface area contributed by atoms with Crippen LogP contribution >= 0.6 is 11.3 Å². The molecule has 1 amide bonds. The van der Waals surface area contributed by atoms with E-state index >= 15 is 0 Å². The highest BCUT2D eigenvalue weighted by Gasteiger charge is 2.32. The van der Waals surface area contributed by atoms with Crippen LogP contribution in [-0.4, -0.2) is 12.0 Å². The maximum absolute atomic E-state index is 13.7. The lowest BCUT2D eigenvalue weighted by Crippen LogP contribution is -2.23. The molecule has 1 aliphatic heterocycles. The molecule has 138 valence electrons. The average Bonchev–Trinajstić information content (AvgIpc) is 3.05. The second-order valence-electron chi connectivity index (χ2n) is 6.91. The Kier molecular flexibility index (Phi) is 4.70. The van der Waals surface area contributed by atoms with Crippen molar-refractivity contribution in [3.05, 3.63) is 70.2 Å². The van der Waals surface area contributed by atoms with Gasteiger partial charge < -0.3 is 10.1 Å². The molecule has 27 heavy (non-hydrogen) atoms. The number of nitrogens with one attached hydrogen (secondary N) is 1. The van der Waals surface area contributed by atoms with Crippen LogP contribution in [0.2, 0.25) is 0 Å². The summed E-state index contributed by atoms with van der Waals surface area (Å²) in [6.07, 6.45) is 0.420. The van der Waals surface area contributed by atoms with Gasteiger partial charge in [-0.3, -0.25) is 4.79 Å². The molecule has 1 atom stereocenters. The summed E-state index contributed by atoms with van der Waals surface area (Å²) in [7, 11) is 0. The molecule has 1 N–H and O–H groups in total. The fourth-order valence-corrected chi connectivity index (χ4v) is 4.63. The van der Waals surface area contributed by atoms with Crippen molar-refractivity contribution in [3.63, 3.8) is 0 Å². The van der Waals surface area contributed by atoms with Gasteiger partial charge in [0.2, 0.25) is 5.91 Å². The Hall–Kier alpha value is -2.66. The van der Waals surface area contributed by atoms with Crippen LogP contribution in [0.4, 0.5) is 10.1 Å². The maximum atomic E-state index is 13.7. The Bertz CT molecular complexity index is 995. The molecule has 0 spiro atoms. The highest BCUT2D eigenvalue weighted by molar-refractivity contribution is 7.11. The summed E-state index contributed by atoms with van der Waals surface area (Å²) in [5, 5.41) is 4.98. The van der Waals surface area contributed by atoms with E-state index in [2.05, 4.69) is 5.32 Å². The molecule has 3 aromatic rings. The van der Waals surface area contributed by atoms with E-state index in [9.17, 15) is 9.18 Å². The Morgan fingerprint density at radius 2 is 2.00 bits per heavy atom. The number of amides is 1. The van der Waals surface area contributed by atoms with Gasteiger partial charge in [-0.1, -0.05) is 30.3 Å². The number of benzene rings is 2. The normalized spacial score (nSPS) is 16.1. The molecule has 0 saturated heterocycles. The van der Waals surface area contributed by atoms with Gasteiger partial charge in [0.1, 0.15) is 11.6 Å². The standard InChI is InChI=1S/C22H20FNO2S/c1-13(2)26-19-9-4-3-8-16(19)17-11-20(25)24-21-18(12-27-22(17)21)14-6-5-7-15(23)10-14/h3-10,12-13,17H,11H2,1-2H3,(H,24,25). The molecule has 1 aromatic heterocycles. The summed E-state index contributed by atoms with van der Waals surface area (Å²) in [6.45, 7) is 3.98. The van der Waals surface area contributed by atoms with E-state index < -0.39 is 0 Å². The molecular weight excluding hydrogens is 361 g/mol. The minimum absolute atomic E-state index is 0.0390. The van der Waals surface area contributed by atoms with Crippen molar-refractivity contribution in [1.82, 2.24) is 0 Å². The molecule has 1 aliphatic rings. The van der Waals surface area contributed by atoms with Gasteiger partial charge in [0.15, 0.2) is 0 Å². The first-order valence-corrected chi connectivity index (χ1v) is 9.83. The third-order valence-electron chi connectivity index (χ3n) is 4.58. The van der Waals surface area contributed by atoms with Crippen LogP contribution in [0, 0.1) is 5.82 Å². The summed E-state index contributed by atoms with van der Waals surface area (Å²) >= 11 is 1.59. The molecule has 3 nitrogen and oxygen atoms in total. The van der Waals surface area contributed by atoms with Crippen LogP contribution in [0.25, 0.3) is 11.1 Å². The van der Waals surface area contributed by atoms with E-state index in [-0.39, 0.29) is 23.7 Å². The van der Waals surface area contributed by atoms with Crippen molar-refractivity contribution < 1.29 is 13.9 Å². The fraction of sp³-hybridized carbons (Fsp3) is 0.227. The molecule has 0 radical (unpaired) electrons. The first-order chi connectivity index (χ1) is 13.0. The number of hydrogen-bond donors (Lipinski definition) is 1. The molecule has 0 saturated carbocycles. The number of ether oxygens (including phenoxy) is 1. The molecule has 4 rings (SSSR count). The lowest BCUT2D eigenvalue weighted by Gasteiger charge is -2.26. The number of fused-ring (bicyclic) bond motifs is 1. The Labute approximate surface area is 161 Å². The average molecular weight is 381 g/mol. The van der Waals surface area contributed by atoms with Gasteiger partial charge in [-0.2, -0.15) is 0 Å². The van der Waals surface area contributed by atoms with Gasteiger partial charge in [0.05, 0.1) is 11.8 Å². The quantitative estimate of drug-likeness (QED) is 0.619. The van der Waals surface area contributed by atoms with Crippen molar-refractivity contribution in [1.29, 1.82) is 0 Å². The Morgan fingerprint density at radius 3 is 2.78 bits per heavy atom. The number of anilines is 1. The van der Waals surface area contributed by atoms with E-state index in [0.717, 1.165) is 33.0 Å². The number of carbonyl (C=O) groups excluding carboxylic acids is 1. The van der Waals surface area contributed by atoms with E-state index in [4.69, 9.17) is 4.74 Å². The van der Waals surface area contributed by atoms with Crippen LogP contribution in [0.5, 0.6) is 5.75 Å². The van der Waals surface area contributed by atoms with Crippen LogP contribution in [0.3, 0.4) is 0 Å². The van der Waals surface area contributed by atoms with Gasteiger partial charge in [-0.25, -0.2) is 4.39 Å². The maximum Gasteiger partial charge on any atom is 0.225 e. The molecule has 5 heteroatoms. The minimum atomic E-state index is -0.290. The predicted octanol–water partition coefficient (Wildman–Crippen LogP) is 5.82. The van der Waals surface area contributed by atoms with Crippen molar-refractivity contribution in [2.75, 3.05) is 5.32 Å². The first-order valence-electron chi connectivity index (χ1n) is 8.95. The largest absolute Gasteiger partial charge is 0.491 e. The SMILES string of the molecule is CC(C)Oc1ccccc1C1CC(=O)Nc2c(-c3cccc(F)c3)csc21. The van der Waals surface area contributed by atoms with Gasteiger partial charge >= 0.3 is 0 Å². The zero-order chi connectivity index (χ0) is 19.0. The number of para-hydroxylation sites is 1. The lowest BCUT2D eigenvalue weighted by molar-refractivity contribution is -0.116. The smallest absolute Gasteiger partial charge is 0.225 e. The Balaban J connectivity index is 1.81. The number of carbonyl (C=O) groups is 1. The predicted molar refractivity (Wildman–Crippen MR) is 107 cm³/mol. The van der Waals surface area contributed by atoms with Gasteiger partial charge in [0.25, 0.3) is 0 Å². The van der Waals surface area contributed by atoms with Crippen molar-refractivity contribution >= 4 is 22.9 Å². The lowest BCUT2D eigenvalue weighted by atomic mass is 9.88. The number of halogens is 1. The van der Waals surface area contributed by atoms with Crippen LogP contribution in [0.15, 0.2) is 53.9 Å². The number of rotatable bonds is 4. The van der Waals surface area contributed by atoms with Crippen molar-refractivity contribution in [2.45, 2.75) is 32.3 Å². The molecule has 2 heterocycles. The van der Waals surface area contributed by atoms with Crippen molar-refractivity contribution in [3.8, 4) is 16.9 Å². The first kappa shape index (κ1) is 17.7. The second kappa shape index (κ2) is 7.16. The highest BCUT2D eigenvalue weighted by atomic mass is 32.1. The minimum Gasteiger partial charge on any atom is -0.491 e. The molecule has 0 aliphatic carbocycles. The number of thiophene rings is 1. The number of hydrogen-bond acceptors (Lipinski definition) is 3. The van der Waals surface area contributed by atoms with E-state index in [1.165, 1.54) is 12.1 Å². The summed E-state index contributed by atoms with van der Waals surface area (Å²) in [5.74, 6) is 0.402. The molecule has 2 aromatic carbocycles. The van der Waals surface area contributed by atoms with Crippen LogP contribution < -0.4 is 10.1 Å². The van der Waals surface area contributed by atoms with Crippen LogP contribution in [-0.2, 0) is 4.79 Å². The highest BCUT2D eigenvalue weighted by Crippen LogP contribution is 2.48. The zero-order valence-corrected chi connectivity index (χ0v) is 16.0. The van der Waals surface area contributed by atoms with Gasteiger partial charge in [-0.15, -0.1) is 11.3 Å². The third kappa shape index (κ3) is 3.47. The zero-order valence-electron chi connectivity index (χ0n) is 15.2. The van der Waals surface area contributed by atoms with Crippen molar-refractivity contribution in [2.24, 2.45) is 0 Å². The van der Waals surface area contributed by atoms with E-state index in [1.807, 2.05) is 49.6 Å². The fourth-order valence-electron chi connectivity index (χ4n) is 3.48. The summed E-state index contributed by atoms with van der Waals surface area (Å²) in [5.41, 5.74) is 3.41. The van der Waals surface area contributed by atoms with Gasteiger partial charge in [-0.05, 0) is 37.6 Å². The third-order valence-corrected chi connectivity index (χ3v) is 5.68. The second-order valence-corrected chi connectivity index (χ2v) is 7.82. The Morgan fingerprint density at radius 1 is 1.19 bits per heavy atom. The summed E-state index contributed by atoms with van der Waals surface area (Å²) in [6, 6.07) is 14.3. The summed E-state index contributed by atoms with van der Waals surface area (Å²) in [4.78, 5) is 13.5. The molecular formula is C22H20FNO2S. The van der Waals surface area contributed by atoms with E-state index in [0.29, 0.717) is 6.42 Å². The molecule has 0 bridgehead atoms. The van der Waals surface area contributed by atoms with E-state index in [1.54, 1.807) is 17.4 Å².